The van der Waals surface area contributed by atoms with Crippen LogP contribution >= 0.6 is 11.6 Å². The van der Waals surface area contributed by atoms with E-state index in [0.29, 0.717) is 11.4 Å². The van der Waals surface area contributed by atoms with Crippen LogP contribution in [0.4, 0.5) is 0 Å². The smallest absolute Gasteiger partial charge is 0.303 e. The molecule has 0 aliphatic rings. The van der Waals surface area contributed by atoms with Gasteiger partial charge in [-0.05, 0) is 36.2 Å². The monoisotopic (exact) mass is 326 g/mol. The molecule has 116 valence electrons. The molecule has 23 heavy (non-hydrogen) atoms. The number of para-hydroxylation sites is 1. The average Bonchev–Trinajstić information content (AvgIpc) is 2.99. The molecule has 0 unspecified atom stereocenters. The van der Waals surface area contributed by atoms with E-state index < -0.39 is 5.97 Å². The zero-order valence-electron chi connectivity index (χ0n) is 12.3. The number of carboxylic acid groups (broad SMARTS) is 1. The summed E-state index contributed by atoms with van der Waals surface area (Å²) in [6.45, 7) is 0. The minimum Gasteiger partial charge on any atom is -0.481 e. The Morgan fingerprint density at radius 1 is 1.09 bits per heavy atom. The highest BCUT2D eigenvalue weighted by Crippen LogP contribution is 2.26. The van der Waals surface area contributed by atoms with Crippen molar-refractivity contribution in [3.8, 4) is 16.9 Å². The van der Waals surface area contributed by atoms with Gasteiger partial charge in [0.15, 0.2) is 0 Å². The Hall–Kier alpha value is -2.59. The molecule has 4 nitrogen and oxygen atoms in total. The highest BCUT2D eigenvalue weighted by atomic mass is 35.5. The van der Waals surface area contributed by atoms with E-state index in [1.54, 1.807) is 16.8 Å². The second-order valence-corrected chi connectivity index (χ2v) is 5.62. The van der Waals surface area contributed by atoms with E-state index in [0.717, 1.165) is 22.5 Å². The summed E-state index contributed by atoms with van der Waals surface area (Å²) in [7, 11) is 0. The third-order valence-corrected chi connectivity index (χ3v) is 3.79. The molecule has 2 aromatic carbocycles. The van der Waals surface area contributed by atoms with E-state index in [9.17, 15) is 4.79 Å². The molecule has 1 aromatic heterocycles. The number of carbonyl (C=O) groups is 1. The number of aryl methyl sites for hydroxylation is 1. The summed E-state index contributed by atoms with van der Waals surface area (Å²) in [6.07, 6.45) is 2.39. The topological polar surface area (TPSA) is 55.1 Å². The summed E-state index contributed by atoms with van der Waals surface area (Å²) in [5.41, 5.74) is 3.54. The minimum absolute atomic E-state index is 0.0705. The maximum atomic E-state index is 10.9. The fraction of sp³-hybridized carbons (Fsp3) is 0.111. The van der Waals surface area contributed by atoms with Crippen molar-refractivity contribution in [3.05, 3.63) is 71.4 Å². The van der Waals surface area contributed by atoms with Crippen molar-refractivity contribution in [2.24, 2.45) is 0 Å². The summed E-state index contributed by atoms with van der Waals surface area (Å²) < 4.78 is 1.78. The van der Waals surface area contributed by atoms with Gasteiger partial charge in [-0.3, -0.25) is 4.79 Å². The molecule has 3 aromatic rings. The standard InChI is InChI=1S/C18H15ClN2O2/c19-15-9-6-13(7-10-15)18-14(8-11-17(22)23)12-21(20-18)16-4-2-1-3-5-16/h1-7,9-10,12H,8,11H2,(H,22,23). The molecule has 0 bridgehead atoms. The van der Waals surface area contributed by atoms with Crippen molar-refractivity contribution in [3.63, 3.8) is 0 Å². The number of aromatic nitrogens is 2. The Morgan fingerprint density at radius 3 is 2.43 bits per heavy atom. The van der Waals surface area contributed by atoms with Gasteiger partial charge in [0, 0.05) is 23.2 Å². The van der Waals surface area contributed by atoms with Gasteiger partial charge in [-0.2, -0.15) is 5.10 Å². The summed E-state index contributed by atoms with van der Waals surface area (Å²) in [5.74, 6) is -0.820. The second kappa shape index (κ2) is 6.67. The third-order valence-electron chi connectivity index (χ3n) is 3.54. The third kappa shape index (κ3) is 3.60. The van der Waals surface area contributed by atoms with Crippen molar-refractivity contribution < 1.29 is 9.90 Å². The van der Waals surface area contributed by atoms with Crippen LogP contribution < -0.4 is 0 Å². The maximum absolute atomic E-state index is 10.9. The Morgan fingerprint density at radius 2 is 1.78 bits per heavy atom. The summed E-state index contributed by atoms with van der Waals surface area (Å²) in [5, 5.41) is 14.2. The molecule has 0 saturated carbocycles. The fourth-order valence-corrected chi connectivity index (χ4v) is 2.52. The van der Waals surface area contributed by atoms with Crippen LogP contribution in [0.5, 0.6) is 0 Å². The van der Waals surface area contributed by atoms with Gasteiger partial charge in [0.05, 0.1) is 11.4 Å². The predicted octanol–water partition coefficient (Wildman–Crippen LogP) is 4.21. The van der Waals surface area contributed by atoms with Gasteiger partial charge in [-0.1, -0.05) is 41.9 Å². The molecular formula is C18H15ClN2O2. The van der Waals surface area contributed by atoms with E-state index in [-0.39, 0.29) is 6.42 Å². The molecule has 3 rings (SSSR count). The molecule has 0 aliphatic heterocycles. The predicted molar refractivity (Wildman–Crippen MR) is 90.0 cm³/mol. The number of carboxylic acids is 1. The molecule has 0 saturated heterocycles. The number of rotatable bonds is 5. The molecule has 0 spiro atoms. The Bertz CT molecular complexity index is 811. The first-order chi connectivity index (χ1) is 11.1. The van der Waals surface area contributed by atoms with Crippen LogP contribution in [-0.2, 0) is 11.2 Å². The number of hydrogen-bond acceptors (Lipinski definition) is 2. The quantitative estimate of drug-likeness (QED) is 0.764. The molecule has 1 heterocycles. The summed E-state index contributed by atoms with van der Waals surface area (Å²) >= 11 is 5.94. The van der Waals surface area contributed by atoms with Crippen LogP contribution in [0.25, 0.3) is 16.9 Å². The highest BCUT2D eigenvalue weighted by Gasteiger charge is 2.13. The van der Waals surface area contributed by atoms with Crippen LogP contribution in [-0.4, -0.2) is 20.9 Å². The molecule has 0 atom stereocenters. The number of nitrogens with zero attached hydrogens (tertiary/aromatic N) is 2. The number of aliphatic carboxylic acids is 1. The van der Waals surface area contributed by atoms with E-state index in [4.69, 9.17) is 16.7 Å². The lowest BCUT2D eigenvalue weighted by molar-refractivity contribution is -0.136. The van der Waals surface area contributed by atoms with Gasteiger partial charge in [0.2, 0.25) is 0 Å². The van der Waals surface area contributed by atoms with Crippen molar-refractivity contribution >= 4 is 17.6 Å². The van der Waals surface area contributed by atoms with Crippen LogP contribution in [0.1, 0.15) is 12.0 Å². The molecule has 5 heteroatoms. The molecule has 0 amide bonds. The first kappa shape index (κ1) is 15.3. The first-order valence-corrected chi connectivity index (χ1v) is 7.63. The number of benzene rings is 2. The Labute approximate surface area is 139 Å². The van der Waals surface area contributed by atoms with E-state index in [2.05, 4.69) is 5.10 Å². The second-order valence-electron chi connectivity index (χ2n) is 5.18. The highest BCUT2D eigenvalue weighted by molar-refractivity contribution is 6.30. The van der Waals surface area contributed by atoms with Crippen LogP contribution in [0.15, 0.2) is 60.8 Å². The minimum atomic E-state index is -0.820. The van der Waals surface area contributed by atoms with Gasteiger partial charge in [0.1, 0.15) is 0 Å². The maximum Gasteiger partial charge on any atom is 0.303 e. The largest absolute Gasteiger partial charge is 0.481 e. The van der Waals surface area contributed by atoms with Crippen molar-refractivity contribution in [1.82, 2.24) is 9.78 Å². The van der Waals surface area contributed by atoms with Crippen molar-refractivity contribution in [2.75, 3.05) is 0 Å². The zero-order valence-corrected chi connectivity index (χ0v) is 13.1. The van der Waals surface area contributed by atoms with Crippen molar-refractivity contribution in [2.45, 2.75) is 12.8 Å². The van der Waals surface area contributed by atoms with Crippen LogP contribution in [0.3, 0.4) is 0 Å². The number of hydrogen-bond donors (Lipinski definition) is 1. The lowest BCUT2D eigenvalue weighted by Gasteiger charge is -2.01. The van der Waals surface area contributed by atoms with Crippen molar-refractivity contribution in [1.29, 1.82) is 0 Å². The fourth-order valence-electron chi connectivity index (χ4n) is 2.40. The van der Waals surface area contributed by atoms with Gasteiger partial charge in [0.25, 0.3) is 0 Å². The number of halogens is 1. The lowest BCUT2D eigenvalue weighted by atomic mass is 10.0. The SMILES string of the molecule is O=C(O)CCc1cn(-c2ccccc2)nc1-c1ccc(Cl)cc1. The van der Waals surface area contributed by atoms with Gasteiger partial charge >= 0.3 is 5.97 Å². The molecular weight excluding hydrogens is 312 g/mol. The molecule has 1 N–H and O–H groups in total. The van der Waals surface area contributed by atoms with E-state index in [1.807, 2.05) is 48.7 Å². The lowest BCUT2D eigenvalue weighted by Crippen LogP contribution is -1.97. The molecule has 0 aliphatic carbocycles. The Balaban J connectivity index is 2.03. The average molecular weight is 327 g/mol. The molecule has 0 radical (unpaired) electrons. The molecule has 0 fully saturated rings. The van der Waals surface area contributed by atoms with Gasteiger partial charge < -0.3 is 5.11 Å². The normalized spacial score (nSPS) is 10.7. The summed E-state index contributed by atoms with van der Waals surface area (Å²) in [6, 6.07) is 17.1. The van der Waals surface area contributed by atoms with Gasteiger partial charge in [-0.15, -0.1) is 0 Å². The van der Waals surface area contributed by atoms with E-state index in [1.165, 1.54) is 0 Å². The van der Waals surface area contributed by atoms with Crippen LogP contribution in [0, 0.1) is 0 Å². The summed E-state index contributed by atoms with van der Waals surface area (Å²) in [4.78, 5) is 10.9. The van der Waals surface area contributed by atoms with Crippen LogP contribution in [0.2, 0.25) is 5.02 Å². The Kier molecular flexibility index (Phi) is 4.44. The zero-order chi connectivity index (χ0) is 16.2. The first-order valence-electron chi connectivity index (χ1n) is 7.25. The van der Waals surface area contributed by atoms with E-state index >= 15 is 0 Å². The van der Waals surface area contributed by atoms with Gasteiger partial charge in [-0.25, -0.2) is 4.68 Å².